The molecule has 1 atom stereocenters. The minimum absolute atomic E-state index is 0.133. The summed E-state index contributed by atoms with van der Waals surface area (Å²) in [6, 6.07) is 10.2. The number of hydrazine groups is 1. The normalized spacial score (nSPS) is 17.4. The van der Waals surface area contributed by atoms with Gasteiger partial charge in [0.25, 0.3) is 0 Å². The maximum atomic E-state index is 5.70. The van der Waals surface area contributed by atoms with Gasteiger partial charge in [0.15, 0.2) is 0 Å². The lowest BCUT2D eigenvalue weighted by molar-refractivity contribution is 0.226. The number of nitrogens with two attached hydrogens (primary N) is 1. The third kappa shape index (κ3) is 1.91. The van der Waals surface area contributed by atoms with Crippen molar-refractivity contribution in [3.63, 3.8) is 0 Å². The minimum atomic E-state index is 0.133. The van der Waals surface area contributed by atoms with Gasteiger partial charge in [-0.05, 0) is 30.9 Å². The maximum absolute atomic E-state index is 5.70. The molecule has 2 aromatic rings. The highest BCUT2D eigenvalue weighted by Gasteiger charge is 2.30. The summed E-state index contributed by atoms with van der Waals surface area (Å²) in [4.78, 5) is 0. The molecule has 3 N–H and O–H groups in total. The van der Waals surface area contributed by atoms with E-state index in [1.165, 1.54) is 19.3 Å². The quantitative estimate of drug-likeness (QED) is 0.632. The SMILES string of the molecule is NNC(c1cnnn1-c1ccccc1)C1CCC1. The Labute approximate surface area is 106 Å². The molecule has 3 rings (SSSR count). The number of nitrogens with one attached hydrogen (secondary N) is 1. The average molecular weight is 243 g/mol. The third-order valence-electron chi connectivity index (χ3n) is 3.70. The van der Waals surface area contributed by atoms with Crippen LogP contribution in [0.15, 0.2) is 36.5 Å². The molecule has 0 spiro atoms. The standard InChI is InChI=1S/C13H17N5/c14-16-13(10-5-4-6-10)12-9-15-17-18(12)11-7-2-1-3-8-11/h1-3,7-10,13,16H,4-6,14H2. The summed E-state index contributed by atoms with van der Waals surface area (Å²) in [6.07, 6.45) is 5.52. The van der Waals surface area contributed by atoms with Crippen molar-refractivity contribution >= 4 is 0 Å². The number of para-hydroxylation sites is 1. The van der Waals surface area contributed by atoms with Crippen molar-refractivity contribution in [2.75, 3.05) is 0 Å². The van der Waals surface area contributed by atoms with Crippen LogP contribution < -0.4 is 11.3 Å². The van der Waals surface area contributed by atoms with Gasteiger partial charge in [-0.3, -0.25) is 11.3 Å². The van der Waals surface area contributed by atoms with Crippen molar-refractivity contribution < 1.29 is 0 Å². The van der Waals surface area contributed by atoms with Crippen LogP contribution >= 0.6 is 0 Å². The molecule has 1 aromatic carbocycles. The van der Waals surface area contributed by atoms with Crippen LogP contribution in [0.2, 0.25) is 0 Å². The zero-order valence-corrected chi connectivity index (χ0v) is 10.2. The molecule has 5 heteroatoms. The molecule has 0 saturated heterocycles. The number of hydrogen-bond acceptors (Lipinski definition) is 4. The summed E-state index contributed by atoms with van der Waals surface area (Å²) in [7, 11) is 0. The first-order valence-corrected chi connectivity index (χ1v) is 6.32. The fourth-order valence-electron chi connectivity index (χ4n) is 2.46. The Balaban J connectivity index is 1.95. The van der Waals surface area contributed by atoms with Crippen LogP contribution in [0.5, 0.6) is 0 Å². The van der Waals surface area contributed by atoms with Crippen molar-refractivity contribution in [2.45, 2.75) is 25.3 Å². The van der Waals surface area contributed by atoms with Gasteiger partial charge in [0.1, 0.15) is 0 Å². The molecule has 1 aliphatic carbocycles. The van der Waals surface area contributed by atoms with E-state index in [4.69, 9.17) is 5.84 Å². The molecule has 1 aromatic heterocycles. The lowest BCUT2D eigenvalue weighted by atomic mass is 9.79. The summed E-state index contributed by atoms with van der Waals surface area (Å²) in [6.45, 7) is 0. The number of aromatic nitrogens is 3. The van der Waals surface area contributed by atoms with Crippen LogP contribution in [0.25, 0.3) is 5.69 Å². The van der Waals surface area contributed by atoms with E-state index in [0.29, 0.717) is 5.92 Å². The van der Waals surface area contributed by atoms with Gasteiger partial charge in [-0.1, -0.05) is 29.8 Å². The van der Waals surface area contributed by atoms with Crippen LogP contribution in [-0.4, -0.2) is 15.0 Å². The third-order valence-corrected chi connectivity index (χ3v) is 3.70. The van der Waals surface area contributed by atoms with Crippen molar-refractivity contribution in [2.24, 2.45) is 11.8 Å². The second kappa shape index (κ2) is 4.88. The van der Waals surface area contributed by atoms with Crippen molar-refractivity contribution in [1.29, 1.82) is 0 Å². The van der Waals surface area contributed by atoms with Gasteiger partial charge in [0.05, 0.1) is 23.6 Å². The highest BCUT2D eigenvalue weighted by atomic mass is 15.4. The number of hydrogen-bond donors (Lipinski definition) is 2. The van der Waals surface area contributed by atoms with Crippen molar-refractivity contribution in [3.8, 4) is 5.69 Å². The van der Waals surface area contributed by atoms with Gasteiger partial charge in [-0.2, -0.15) is 0 Å². The van der Waals surface area contributed by atoms with Gasteiger partial charge in [-0.25, -0.2) is 4.68 Å². The van der Waals surface area contributed by atoms with Crippen LogP contribution in [0.4, 0.5) is 0 Å². The first-order chi connectivity index (χ1) is 8.90. The first-order valence-electron chi connectivity index (χ1n) is 6.32. The Morgan fingerprint density at radius 3 is 2.67 bits per heavy atom. The molecule has 1 fully saturated rings. The zero-order chi connectivity index (χ0) is 12.4. The largest absolute Gasteiger partial charge is 0.271 e. The van der Waals surface area contributed by atoms with E-state index in [0.717, 1.165) is 11.4 Å². The highest BCUT2D eigenvalue weighted by Crippen LogP contribution is 2.37. The monoisotopic (exact) mass is 243 g/mol. The molecule has 0 bridgehead atoms. The molecule has 1 aliphatic rings. The van der Waals surface area contributed by atoms with Gasteiger partial charge in [0, 0.05) is 0 Å². The molecule has 5 nitrogen and oxygen atoms in total. The topological polar surface area (TPSA) is 68.8 Å². The second-order valence-electron chi connectivity index (χ2n) is 4.74. The zero-order valence-electron chi connectivity index (χ0n) is 10.2. The first kappa shape index (κ1) is 11.4. The van der Waals surface area contributed by atoms with E-state index >= 15 is 0 Å². The van der Waals surface area contributed by atoms with Gasteiger partial charge < -0.3 is 0 Å². The number of benzene rings is 1. The summed E-state index contributed by atoms with van der Waals surface area (Å²) in [5.74, 6) is 6.30. The average Bonchev–Trinajstić information content (AvgIpc) is 2.83. The van der Waals surface area contributed by atoms with E-state index in [-0.39, 0.29) is 6.04 Å². The van der Waals surface area contributed by atoms with Crippen molar-refractivity contribution in [3.05, 3.63) is 42.2 Å². The molecular formula is C13H17N5. The van der Waals surface area contributed by atoms with Gasteiger partial charge in [-0.15, -0.1) is 5.10 Å². The Morgan fingerprint density at radius 1 is 1.28 bits per heavy atom. The fraction of sp³-hybridized carbons (Fsp3) is 0.385. The summed E-state index contributed by atoms with van der Waals surface area (Å²) in [5.41, 5.74) is 4.97. The predicted molar refractivity (Wildman–Crippen MR) is 68.8 cm³/mol. The smallest absolute Gasteiger partial charge is 0.0831 e. The Morgan fingerprint density at radius 2 is 2.06 bits per heavy atom. The van der Waals surface area contributed by atoms with E-state index in [1.54, 1.807) is 6.20 Å². The molecule has 0 aliphatic heterocycles. The predicted octanol–water partition coefficient (Wildman–Crippen LogP) is 1.57. The lowest BCUT2D eigenvalue weighted by Gasteiger charge is -2.33. The number of nitrogens with zero attached hydrogens (tertiary/aromatic N) is 3. The van der Waals surface area contributed by atoms with Crippen LogP contribution in [0.1, 0.15) is 31.0 Å². The summed E-state index contributed by atoms with van der Waals surface area (Å²) in [5, 5.41) is 8.19. The maximum Gasteiger partial charge on any atom is 0.0831 e. The summed E-state index contributed by atoms with van der Waals surface area (Å²) < 4.78 is 1.86. The lowest BCUT2D eigenvalue weighted by Crippen LogP contribution is -2.37. The summed E-state index contributed by atoms with van der Waals surface area (Å²) >= 11 is 0. The molecule has 1 unspecified atom stereocenters. The Kier molecular flexibility index (Phi) is 3.08. The van der Waals surface area contributed by atoms with Crippen molar-refractivity contribution in [1.82, 2.24) is 20.4 Å². The van der Waals surface area contributed by atoms with Crippen LogP contribution in [-0.2, 0) is 0 Å². The van der Waals surface area contributed by atoms with Gasteiger partial charge in [0.2, 0.25) is 0 Å². The Bertz CT molecular complexity index is 503. The number of rotatable bonds is 4. The van der Waals surface area contributed by atoms with E-state index in [1.807, 2.05) is 35.0 Å². The van der Waals surface area contributed by atoms with Crippen LogP contribution in [0, 0.1) is 5.92 Å². The molecule has 1 saturated carbocycles. The molecular weight excluding hydrogens is 226 g/mol. The molecule has 94 valence electrons. The molecule has 1 heterocycles. The van der Waals surface area contributed by atoms with Crippen LogP contribution in [0.3, 0.4) is 0 Å². The fourth-order valence-corrected chi connectivity index (χ4v) is 2.46. The molecule has 18 heavy (non-hydrogen) atoms. The van der Waals surface area contributed by atoms with Gasteiger partial charge >= 0.3 is 0 Å². The second-order valence-corrected chi connectivity index (χ2v) is 4.74. The Hall–Kier alpha value is -1.72. The molecule has 0 amide bonds. The van der Waals surface area contributed by atoms with E-state index in [9.17, 15) is 0 Å². The minimum Gasteiger partial charge on any atom is -0.271 e. The highest BCUT2D eigenvalue weighted by molar-refractivity contribution is 5.32. The van der Waals surface area contributed by atoms with E-state index < -0.39 is 0 Å². The molecule has 0 radical (unpaired) electrons. The van der Waals surface area contributed by atoms with E-state index in [2.05, 4.69) is 15.7 Å².